The zero-order valence-electron chi connectivity index (χ0n) is 10.2. The molecule has 0 saturated carbocycles. The van der Waals surface area contributed by atoms with Gasteiger partial charge in [-0.2, -0.15) is 0 Å². The van der Waals surface area contributed by atoms with E-state index in [1.165, 1.54) is 32.2 Å². The molecule has 0 aromatic heterocycles. The van der Waals surface area contributed by atoms with E-state index in [9.17, 15) is 19.7 Å². The number of benzene rings is 1. The fourth-order valence-electron chi connectivity index (χ4n) is 1.25. The number of hydrogen-bond acceptors (Lipinski definition) is 5. The minimum atomic E-state index is -1.00. The summed E-state index contributed by atoms with van der Waals surface area (Å²) in [4.78, 5) is 33.0. The largest absolute Gasteiger partial charge is 0.468 e. The highest BCUT2D eigenvalue weighted by atomic mass is 79.9. The summed E-state index contributed by atoms with van der Waals surface area (Å²) in [5, 5.41) is 13.1. The molecule has 1 N–H and O–H groups in total. The number of ether oxygens (including phenoxy) is 1. The van der Waals surface area contributed by atoms with Crippen LogP contribution in [0.25, 0.3) is 0 Å². The average molecular weight is 331 g/mol. The lowest BCUT2D eigenvalue weighted by atomic mass is 10.1. The smallest absolute Gasteiger partial charge is 0.317 e. The molecule has 0 fully saturated rings. The number of non-ortho nitro benzene ring substituents is 1. The Labute approximate surface area is 117 Å². The molecule has 0 aliphatic heterocycles. The van der Waals surface area contributed by atoms with Crippen molar-refractivity contribution in [2.24, 2.45) is 5.92 Å². The summed E-state index contributed by atoms with van der Waals surface area (Å²) in [5.74, 6) is -2.29. The third-order valence-electron chi connectivity index (χ3n) is 2.37. The standard InChI is InChI=1S/C11H11BrN2O5/c1-6(11(16)19-2)10(15)13-9-5-7(14(17)18)3-4-8(9)12/h3-6H,1-2H3,(H,13,15). The van der Waals surface area contributed by atoms with Crippen LogP contribution in [0.3, 0.4) is 0 Å². The monoisotopic (exact) mass is 330 g/mol. The van der Waals surface area contributed by atoms with Crippen molar-refractivity contribution in [2.75, 3.05) is 12.4 Å². The Kier molecular flexibility index (Phi) is 4.99. The van der Waals surface area contributed by atoms with E-state index >= 15 is 0 Å². The number of nitro benzene ring substituents is 1. The second kappa shape index (κ2) is 6.28. The quantitative estimate of drug-likeness (QED) is 0.394. The maximum absolute atomic E-state index is 11.7. The molecule has 1 atom stereocenters. The number of nitro groups is 1. The molecule has 1 unspecified atom stereocenters. The van der Waals surface area contributed by atoms with E-state index in [4.69, 9.17) is 0 Å². The minimum Gasteiger partial charge on any atom is -0.468 e. The average Bonchev–Trinajstić information content (AvgIpc) is 2.38. The Hall–Kier alpha value is -1.96. The van der Waals surface area contributed by atoms with Gasteiger partial charge in [0.25, 0.3) is 5.69 Å². The van der Waals surface area contributed by atoms with E-state index < -0.39 is 22.7 Å². The van der Waals surface area contributed by atoms with Crippen molar-refractivity contribution in [3.63, 3.8) is 0 Å². The Morgan fingerprint density at radius 2 is 2.11 bits per heavy atom. The van der Waals surface area contributed by atoms with Gasteiger partial charge in [-0.25, -0.2) is 0 Å². The van der Waals surface area contributed by atoms with Gasteiger partial charge in [-0.1, -0.05) is 0 Å². The first-order valence-electron chi connectivity index (χ1n) is 5.19. The topological polar surface area (TPSA) is 98.5 Å². The lowest BCUT2D eigenvalue weighted by Crippen LogP contribution is -2.28. The zero-order valence-corrected chi connectivity index (χ0v) is 11.8. The van der Waals surface area contributed by atoms with Crippen LogP contribution in [0.15, 0.2) is 22.7 Å². The van der Waals surface area contributed by atoms with Crippen molar-refractivity contribution < 1.29 is 19.2 Å². The van der Waals surface area contributed by atoms with Gasteiger partial charge < -0.3 is 10.1 Å². The summed E-state index contributed by atoms with van der Waals surface area (Å²) in [7, 11) is 1.18. The van der Waals surface area contributed by atoms with Gasteiger partial charge in [-0.15, -0.1) is 0 Å². The Balaban J connectivity index is 2.93. The Morgan fingerprint density at radius 3 is 2.63 bits per heavy atom. The number of hydrogen-bond donors (Lipinski definition) is 1. The molecule has 1 aromatic carbocycles. The highest BCUT2D eigenvalue weighted by molar-refractivity contribution is 9.10. The van der Waals surface area contributed by atoms with Gasteiger partial charge in [-0.3, -0.25) is 19.7 Å². The van der Waals surface area contributed by atoms with Crippen LogP contribution in [-0.2, 0) is 14.3 Å². The number of esters is 1. The molecule has 102 valence electrons. The van der Waals surface area contributed by atoms with Gasteiger partial charge in [-0.05, 0) is 28.9 Å². The molecule has 0 heterocycles. The molecule has 8 heteroatoms. The molecular formula is C11H11BrN2O5. The van der Waals surface area contributed by atoms with E-state index in [-0.39, 0.29) is 11.4 Å². The van der Waals surface area contributed by atoms with Crippen LogP contribution < -0.4 is 5.32 Å². The molecule has 0 aliphatic rings. The molecule has 7 nitrogen and oxygen atoms in total. The predicted molar refractivity (Wildman–Crippen MR) is 70.6 cm³/mol. The van der Waals surface area contributed by atoms with Crippen molar-refractivity contribution in [1.82, 2.24) is 0 Å². The van der Waals surface area contributed by atoms with Crippen molar-refractivity contribution >= 4 is 39.2 Å². The molecule has 0 bridgehead atoms. The van der Waals surface area contributed by atoms with Gasteiger partial charge >= 0.3 is 5.97 Å². The zero-order chi connectivity index (χ0) is 14.6. The number of methoxy groups -OCH3 is 1. The summed E-state index contributed by atoms with van der Waals surface area (Å²) in [6.07, 6.45) is 0. The van der Waals surface area contributed by atoms with Crippen LogP contribution in [0.2, 0.25) is 0 Å². The molecular weight excluding hydrogens is 320 g/mol. The molecule has 19 heavy (non-hydrogen) atoms. The van der Waals surface area contributed by atoms with E-state index in [2.05, 4.69) is 26.0 Å². The first-order valence-corrected chi connectivity index (χ1v) is 5.98. The van der Waals surface area contributed by atoms with Crippen molar-refractivity contribution in [1.29, 1.82) is 0 Å². The molecule has 0 spiro atoms. The summed E-state index contributed by atoms with van der Waals surface area (Å²) in [6.45, 7) is 1.38. The number of carbonyl (C=O) groups is 2. The van der Waals surface area contributed by atoms with Gasteiger partial charge in [0.2, 0.25) is 5.91 Å². The predicted octanol–water partition coefficient (Wildman–Crippen LogP) is 2.10. The summed E-state index contributed by atoms with van der Waals surface area (Å²) in [5.41, 5.74) is 0.0548. The van der Waals surface area contributed by atoms with Crippen LogP contribution in [0.1, 0.15) is 6.92 Å². The number of halogens is 1. The van der Waals surface area contributed by atoms with Gasteiger partial charge in [0.1, 0.15) is 5.92 Å². The van der Waals surface area contributed by atoms with Crippen LogP contribution in [0, 0.1) is 16.0 Å². The van der Waals surface area contributed by atoms with Crippen molar-refractivity contribution in [3.05, 3.63) is 32.8 Å². The number of amides is 1. The molecule has 0 radical (unpaired) electrons. The number of anilines is 1. The van der Waals surface area contributed by atoms with E-state index in [0.717, 1.165) is 0 Å². The Bertz CT molecular complexity index is 532. The van der Waals surface area contributed by atoms with Gasteiger partial charge in [0, 0.05) is 16.6 Å². The molecule has 1 aromatic rings. The second-order valence-corrected chi connectivity index (χ2v) is 4.51. The maximum Gasteiger partial charge on any atom is 0.317 e. The fourth-order valence-corrected chi connectivity index (χ4v) is 1.59. The minimum absolute atomic E-state index is 0.163. The van der Waals surface area contributed by atoms with Crippen LogP contribution in [0.5, 0.6) is 0 Å². The second-order valence-electron chi connectivity index (χ2n) is 3.66. The van der Waals surface area contributed by atoms with E-state index in [1.54, 1.807) is 0 Å². The van der Waals surface area contributed by atoms with Crippen LogP contribution >= 0.6 is 15.9 Å². The Morgan fingerprint density at radius 1 is 1.47 bits per heavy atom. The maximum atomic E-state index is 11.7. The third kappa shape index (κ3) is 3.75. The molecule has 0 saturated heterocycles. The van der Waals surface area contributed by atoms with Gasteiger partial charge in [0.05, 0.1) is 17.7 Å². The number of rotatable bonds is 4. The number of nitrogens with zero attached hydrogens (tertiary/aromatic N) is 1. The summed E-state index contributed by atoms with van der Waals surface area (Å²) in [6, 6.07) is 3.94. The van der Waals surface area contributed by atoms with E-state index in [1.807, 2.05) is 0 Å². The molecule has 1 rings (SSSR count). The first kappa shape index (κ1) is 15.1. The highest BCUT2D eigenvalue weighted by Gasteiger charge is 2.23. The molecule has 0 aliphatic carbocycles. The normalized spacial score (nSPS) is 11.5. The van der Waals surface area contributed by atoms with Crippen molar-refractivity contribution in [2.45, 2.75) is 6.92 Å². The van der Waals surface area contributed by atoms with Gasteiger partial charge in [0.15, 0.2) is 0 Å². The lowest BCUT2D eigenvalue weighted by Gasteiger charge is -2.11. The number of carbonyl (C=O) groups excluding carboxylic acids is 2. The van der Waals surface area contributed by atoms with Crippen LogP contribution in [-0.4, -0.2) is 23.9 Å². The first-order chi connectivity index (χ1) is 8.86. The third-order valence-corrected chi connectivity index (χ3v) is 3.06. The highest BCUT2D eigenvalue weighted by Crippen LogP contribution is 2.27. The molecule has 1 amide bonds. The van der Waals surface area contributed by atoms with E-state index in [0.29, 0.717) is 4.47 Å². The fraction of sp³-hybridized carbons (Fsp3) is 0.273. The van der Waals surface area contributed by atoms with Crippen LogP contribution in [0.4, 0.5) is 11.4 Å². The summed E-state index contributed by atoms with van der Waals surface area (Å²) < 4.78 is 4.92. The van der Waals surface area contributed by atoms with Crippen molar-refractivity contribution in [3.8, 4) is 0 Å². The SMILES string of the molecule is COC(=O)C(C)C(=O)Nc1cc([N+](=O)[O-])ccc1Br. The lowest BCUT2D eigenvalue weighted by molar-refractivity contribution is -0.384. The summed E-state index contributed by atoms with van der Waals surface area (Å²) >= 11 is 3.16. The number of nitrogens with one attached hydrogen (secondary N) is 1.